The molecule has 44 heavy (non-hydrogen) atoms. The van der Waals surface area contributed by atoms with Gasteiger partial charge in [-0.2, -0.15) is 13.2 Å². The molecule has 2 aromatic heterocycles. The van der Waals surface area contributed by atoms with Crippen LogP contribution in [-0.2, 0) is 26.9 Å². The monoisotopic (exact) mass is 622 g/mol. The highest BCUT2D eigenvalue weighted by molar-refractivity contribution is 6.10. The van der Waals surface area contributed by atoms with Crippen LogP contribution in [0, 0.1) is 5.41 Å². The number of amidine groups is 2. The second-order valence-electron chi connectivity index (χ2n) is 11.3. The van der Waals surface area contributed by atoms with Gasteiger partial charge in [0.25, 0.3) is 0 Å². The Labute approximate surface area is 252 Å². The Morgan fingerprint density at radius 3 is 2.39 bits per heavy atom. The number of aromatic nitrogens is 2. The zero-order valence-electron chi connectivity index (χ0n) is 25.1. The molecular weight excluding hydrogens is 585 g/mol. The van der Waals surface area contributed by atoms with E-state index in [-0.39, 0.29) is 11.9 Å². The van der Waals surface area contributed by atoms with Crippen molar-refractivity contribution >= 4 is 29.7 Å². The number of rotatable bonds is 5. The first-order valence-electron chi connectivity index (χ1n) is 14.0. The summed E-state index contributed by atoms with van der Waals surface area (Å²) >= 11 is 0. The molecule has 3 N–H and O–H groups in total. The van der Waals surface area contributed by atoms with E-state index < -0.39 is 34.8 Å². The standard InChI is InChI=1S/C28H37F3N8O5/c1-27(2,3)44-26(41)39-7-5-37(6-8-39)17-18-13-21(33-15-18)24(38-9-11-43-12-10-38)36-23(32)19-16-34-22(35-25(40)42-4)14-20(19)28(29,30)31/h13-16,32-33H,5-12,17H2,1-4H3,(H,34,35,40). The number of alkyl halides is 3. The van der Waals surface area contributed by atoms with Crippen molar-refractivity contribution in [3.05, 3.63) is 46.9 Å². The molecule has 0 unspecified atom stereocenters. The number of carbonyl (C=O) groups excluding carboxylic acids is 2. The Bertz CT molecular complexity index is 1370. The fourth-order valence-corrected chi connectivity index (χ4v) is 4.68. The van der Waals surface area contributed by atoms with Crippen LogP contribution in [0.15, 0.2) is 29.5 Å². The number of piperazine rings is 1. The lowest BCUT2D eigenvalue weighted by Gasteiger charge is -2.35. The number of anilines is 1. The summed E-state index contributed by atoms with van der Waals surface area (Å²) in [5.41, 5.74) is -0.847. The van der Waals surface area contributed by atoms with E-state index in [2.05, 4.69) is 29.9 Å². The lowest BCUT2D eigenvalue weighted by atomic mass is 10.1. The van der Waals surface area contributed by atoms with E-state index in [1.165, 1.54) is 0 Å². The van der Waals surface area contributed by atoms with E-state index in [1.54, 1.807) is 11.1 Å². The molecule has 0 saturated carbocycles. The molecule has 0 spiro atoms. The summed E-state index contributed by atoms with van der Waals surface area (Å²) in [5, 5.41) is 10.7. The Balaban J connectivity index is 1.53. The van der Waals surface area contributed by atoms with Crippen LogP contribution in [0.4, 0.5) is 28.6 Å². The van der Waals surface area contributed by atoms with Gasteiger partial charge >= 0.3 is 18.4 Å². The van der Waals surface area contributed by atoms with Gasteiger partial charge in [-0.1, -0.05) is 0 Å². The van der Waals surface area contributed by atoms with E-state index in [4.69, 9.17) is 14.9 Å². The van der Waals surface area contributed by atoms with Crippen molar-refractivity contribution in [1.82, 2.24) is 24.7 Å². The maximum atomic E-state index is 14.0. The third-order valence-electron chi connectivity index (χ3n) is 6.82. The summed E-state index contributed by atoms with van der Waals surface area (Å²) in [5.74, 6) is -0.728. The average Bonchev–Trinajstić information content (AvgIpc) is 3.43. The zero-order valence-corrected chi connectivity index (χ0v) is 25.1. The summed E-state index contributed by atoms with van der Waals surface area (Å²) in [7, 11) is 1.07. The van der Waals surface area contributed by atoms with Crippen molar-refractivity contribution in [3.8, 4) is 0 Å². The molecule has 0 atom stereocenters. The van der Waals surface area contributed by atoms with Crippen molar-refractivity contribution in [1.29, 1.82) is 5.41 Å². The fraction of sp³-hybridized carbons (Fsp3) is 0.536. The first-order chi connectivity index (χ1) is 20.7. The summed E-state index contributed by atoms with van der Waals surface area (Å²) in [6.45, 7) is 10.0. The highest BCUT2D eigenvalue weighted by Crippen LogP contribution is 2.33. The molecule has 2 fully saturated rings. The molecular formula is C28H37F3N8O5. The molecule has 13 nitrogen and oxygen atoms in total. The number of methoxy groups -OCH3 is 1. The summed E-state index contributed by atoms with van der Waals surface area (Å²) in [4.78, 5) is 41.0. The number of aliphatic imine (C=N–C) groups is 1. The number of aromatic amines is 1. The SMILES string of the molecule is COC(=O)Nc1cc(C(F)(F)F)c(C(=N)N=C(c2cc(CN3CCN(C(=O)OC(C)(C)C)CC3)c[nH]2)N2CCOCC2)cn1. The van der Waals surface area contributed by atoms with Gasteiger partial charge < -0.3 is 29.0 Å². The number of morpholine rings is 1. The van der Waals surface area contributed by atoms with Gasteiger partial charge in [0.2, 0.25) is 0 Å². The summed E-state index contributed by atoms with van der Waals surface area (Å²) in [6.07, 6.45) is -3.51. The Kier molecular flexibility index (Phi) is 10.1. The molecule has 2 saturated heterocycles. The van der Waals surface area contributed by atoms with E-state index >= 15 is 0 Å². The van der Waals surface area contributed by atoms with E-state index in [0.717, 1.165) is 18.9 Å². The molecule has 2 amide bonds. The fourth-order valence-electron chi connectivity index (χ4n) is 4.68. The number of halogens is 3. The predicted octanol–water partition coefficient (Wildman–Crippen LogP) is 3.76. The van der Waals surface area contributed by atoms with Crippen LogP contribution >= 0.6 is 0 Å². The first kappa shape index (κ1) is 32.7. The van der Waals surface area contributed by atoms with Gasteiger partial charge in [0, 0.05) is 63.8 Å². The minimum Gasteiger partial charge on any atom is -0.453 e. The van der Waals surface area contributed by atoms with Crippen LogP contribution in [0.3, 0.4) is 0 Å². The number of pyridine rings is 1. The molecule has 0 aromatic carbocycles. The highest BCUT2D eigenvalue weighted by atomic mass is 19.4. The normalized spacial score (nSPS) is 16.9. The third kappa shape index (κ3) is 8.69. The van der Waals surface area contributed by atoms with Crippen LogP contribution in [-0.4, -0.2) is 114 Å². The van der Waals surface area contributed by atoms with Crippen molar-refractivity contribution in [2.75, 3.05) is 64.9 Å². The number of H-pyrrole nitrogens is 1. The number of hydrogen-bond donors (Lipinski definition) is 3. The van der Waals surface area contributed by atoms with Gasteiger partial charge in [0.05, 0.1) is 31.6 Å². The van der Waals surface area contributed by atoms with Crippen LogP contribution < -0.4 is 5.32 Å². The van der Waals surface area contributed by atoms with Gasteiger partial charge in [-0.25, -0.2) is 19.6 Å². The van der Waals surface area contributed by atoms with Crippen molar-refractivity contribution in [3.63, 3.8) is 0 Å². The van der Waals surface area contributed by atoms with Crippen LogP contribution in [0.5, 0.6) is 0 Å². The number of nitrogens with one attached hydrogen (secondary N) is 3. The molecule has 2 aliphatic rings. The number of hydrogen-bond acceptors (Lipinski definition) is 8. The van der Waals surface area contributed by atoms with E-state index in [1.807, 2.05) is 31.7 Å². The molecule has 4 rings (SSSR count). The average molecular weight is 623 g/mol. The molecule has 0 aliphatic carbocycles. The molecule has 240 valence electrons. The van der Waals surface area contributed by atoms with Gasteiger partial charge in [0.15, 0.2) is 11.7 Å². The van der Waals surface area contributed by atoms with Crippen molar-refractivity contribution in [2.24, 2.45) is 4.99 Å². The van der Waals surface area contributed by atoms with Gasteiger partial charge in [0.1, 0.15) is 11.4 Å². The van der Waals surface area contributed by atoms with Gasteiger partial charge in [-0.15, -0.1) is 0 Å². The Morgan fingerprint density at radius 1 is 1.09 bits per heavy atom. The van der Waals surface area contributed by atoms with Crippen molar-refractivity contribution < 1.29 is 37.0 Å². The number of amides is 2. The zero-order chi connectivity index (χ0) is 32.1. The third-order valence-corrected chi connectivity index (χ3v) is 6.82. The lowest BCUT2D eigenvalue weighted by molar-refractivity contribution is -0.137. The first-order valence-corrected chi connectivity index (χ1v) is 14.0. The Morgan fingerprint density at radius 2 is 1.77 bits per heavy atom. The molecule has 16 heteroatoms. The molecule has 2 aliphatic heterocycles. The number of carbonyl (C=O) groups is 2. The van der Waals surface area contributed by atoms with E-state index in [0.29, 0.717) is 76.6 Å². The highest BCUT2D eigenvalue weighted by Gasteiger charge is 2.36. The maximum Gasteiger partial charge on any atom is 0.417 e. The molecule has 0 radical (unpaired) electrons. The topological polar surface area (TPSA) is 148 Å². The van der Waals surface area contributed by atoms with Crippen LogP contribution in [0.25, 0.3) is 0 Å². The molecule has 2 aromatic rings. The minimum atomic E-state index is -4.85. The van der Waals surface area contributed by atoms with E-state index in [9.17, 15) is 22.8 Å². The second kappa shape index (κ2) is 13.6. The maximum absolute atomic E-state index is 14.0. The van der Waals surface area contributed by atoms with Crippen molar-refractivity contribution in [2.45, 2.75) is 39.1 Å². The smallest absolute Gasteiger partial charge is 0.417 e. The molecule has 4 heterocycles. The summed E-state index contributed by atoms with van der Waals surface area (Å²) in [6, 6.07) is 2.49. The second-order valence-corrected chi connectivity index (χ2v) is 11.3. The van der Waals surface area contributed by atoms with Crippen LogP contribution in [0.2, 0.25) is 0 Å². The summed E-state index contributed by atoms with van der Waals surface area (Å²) < 4.78 is 57.4. The predicted molar refractivity (Wildman–Crippen MR) is 155 cm³/mol. The molecule has 0 bridgehead atoms. The quantitative estimate of drug-likeness (QED) is 0.337. The van der Waals surface area contributed by atoms with Gasteiger partial charge in [-0.05, 0) is 38.5 Å². The Hall–Kier alpha value is -4.18. The number of nitrogens with zero attached hydrogens (tertiary/aromatic N) is 5. The minimum absolute atomic E-state index is 0.296. The largest absolute Gasteiger partial charge is 0.453 e. The number of ether oxygens (including phenoxy) is 3. The van der Waals surface area contributed by atoms with Gasteiger partial charge in [-0.3, -0.25) is 15.6 Å². The van der Waals surface area contributed by atoms with Crippen LogP contribution in [0.1, 0.15) is 43.2 Å². The lowest BCUT2D eigenvalue weighted by Crippen LogP contribution is -2.49.